The molecule has 0 fully saturated rings. The van der Waals surface area contributed by atoms with E-state index in [0.29, 0.717) is 18.7 Å². The maximum atomic E-state index is 12.3. The summed E-state index contributed by atoms with van der Waals surface area (Å²) in [6.07, 6.45) is 1.56. The van der Waals surface area contributed by atoms with Crippen LogP contribution in [0, 0.1) is 0 Å². The van der Waals surface area contributed by atoms with E-state index in [2.05, 4.69) is 0 Å². The van der Waals surface area contributed by atoms with Crippen LogP contribution in [0.25, 0.3) is 6.08 Å². The number of amides is 1. The summed E-state index contributed by atoms with van der Waals surface area (Å²) < 4.78 is 11.6. The first-order chi connectivity index (χ1) is 14.5. The summed E-state index contributed by atoms with van der Waals surface area (Å²) in [6.45, 7) is 7.54. The molecule has 2 aromatic rings. The maximum absolute atomic E-state index is 12.3. The molecule has 6 nitrogen and oxygen atoms in total. The topological polar surface area (TPSA) is 76.1 Å². The molecule has 0 radical (unpaired) electrons. The van der Waals surface area contributed by atoms with Gasteiger partial charge in [-0.3, -0.25) is 0 Å². The third-order valence-electron chi connectivity index (χ3n) is 4.48. The van der Waals surface area contributed by atoms with Gasteiger partial charge in [0, 0.05) is 25.6 Å². The Balaban J connectivity index is 2.10. The van der Waals surface area contributed by atoms with Crippen LogP contribution in [0.4, 0.5) is 4.79 Å². The third kappa shape index (κ3) is 8.16. The minimum atomic E-state index is -0.946. The van der Waals surface area contributed by atoms with Crippen LogP contribution in [0.2, 0.25) is 0 Å². The Morgan fingerprint density at radius 2 is 1.68 bits per heavy atom. The highest BCUT2D eigenvalue weighted by Gasteiger charge is 2.21. The number of rotatable bonds is 8. The van der Waals surface area contributed by atoms with Crippen molar-refractivity contribution in [2.45, 2.75) is 45.8 Å². The van der Waals surface area contributed by atoms with Crippen molar-refractivity contribution in [3.8, 4) is 5.75 Å². The number of ether oxygens (including phenoxy) is 2. The van der Waals surface area contributed by atoms with E-state index in [1.165, 1.54) is 0 Å². The molecule has 166 valence electrons. The monoisotopic (exact) mass is 425 g/mol. The summed E-state index contributed by atoms with van der Waals surface area (Å²) >= 11 is 0. The van der Waals surface area contributed by atoms with Gasteiger partial charge in [-0.25, -0.2) is 9.59 Å². The van der Waals surface area contributed by atoms with E-state index in [4.69, 9.17) is 14.6 Å². The molecule has 1 amide bonds. The van der Waals surface area contributed by atoms with Gasteiger partial charge in [-0.2, -0.15) is 0 Å². The molecule has 0 bridgehead atoms. The normalized spacial score (nSPS) is 12.7. The number of carbonyl (C=O) groups is 2. The highest BCUT2D eigenvalue weighted by molar-refractivity contribution is 5.91. The SMILES string of the molecule is C/C(=C\c1ccc(OC(CCN(C)C(=O)OC(C)(C)C)c2ccccc2)cc1)C(=O)O. The third-order valence-corrected chi connectivity index (χ3v) is 4.48. The predicted molar refractivity (Wildman–Crippen MR) is 121 cm³/mol. The number of hydrogen-bond acceptors (Lipinski definition) is 4. The largest absolute Gasteiger partial charge is 0.486 e. The first-order valence-electron chi connectivity index (χ1n) is 10.2. The van der Waals surface area contributed by atoms with Crippen LogP contribution in [0.3, 0.4) is 0 Å². The van der Waals surface area contributed by atoms with E-state index in [1.54, 1.807) is 24.9 Å². The molecular formula is C25H31NO5. The van der Waals surface area contributed by atoms with Crippen LogP contribution >= 0.6 is 0 Å². The molecule has 2 aromatic carbocycles. The summed E-state index contributed by atoms with van der Waals surface area (Å²) in [5, 5.41) is 9.02. The fourth-order valence-corrected chi connectivity index (χ4v) is 2.82. The number of carboxylic acids is 1. The Kier molecular flexibility index (Phi) is 8.25. The molecule has 6 heteroatoms. The van der Waals surface area contributed by atoms with Gasteiger partial charge < -0.3 is 19.5 Å². The van der Waals surface area contributed by atoms with Crippen LogP contribution in [0.1, 0.15) is 51.3 Å². The van der Waals surface area contributed by atoms with Gasteiger partial charge in [0.05, 0.1) is 0 Å². The van der Waals surface area contributed by atoms with E-state index >= 15 is 0 Å². The number of nitrogens with zero attached hydrogens (tertiary/aromatic N) is 1. The lowest BCUT2D eigenvalue weighted by atomic mass is 10.1. The van der Waals surface area contributed by atoms with E-state index in [0.717, 1.165) is 11.1 Å². The molecule has 1 N–H and O–H groups in total. The second-order valence-electron chi connectivity index (χ2n) is 8.41. The number of hydrogen-bond donors (Lipinski definition) is 1. The van der Waals surface area contributed by atoms with Gasteiger partial charge >= 0.3 is 12.1 Å². The van der Waals surface area contributed by atoms with Crippen molar-refractivity contribution in [1.29, 1.82) is 0 Å². The van der Waals surface area contributed by atoms with Crippen LogP contribution in [0.15, 0.2) is 60.2 Å². The summed E-state index contributed by atoms with van der Waals surface area (Å²) in [5.41, 5.74) is 1.51. The van der Waals surface area contributed by atoms with Crippen molar-refractivity contribution >= 4 is 18.1 Å². The zero-order chi connectivity index (χ0) is 23.0. The second kappa shape index (κ2) is 10.7. The van der Waals surface area contributed by atoms with Crippen molar-refractivity contribution in [1.82, 2.24) is 4.90 Å². The molecule has 0 heterocycles. The quantitative estimate of drug-likeness (QED) is 0.561. The smallest absolute Gasteiger partial charge is 0.410 e. The summed E-state index contributed by atoms with van der Waals surface area (Å²) in [5.74, 6) is -0.280. The molecule has 1 atom stereocenters. The first kappa shape index (κ1) is 24.0. The molecule has 0 aliphatic carbocycles. The number of carbonyl (C=O) groups excluding carboxylic acids is 1. The molecule has 2 rings (SSSR count). The lowest BCUT2D eigenvalue weighted by Crippen LogP contribution is -2.35. The van der Waals surface area contributed by atoms with Gasteiger partial charge in [0.15, 0.2) is 0 Å². The summed E-state index contributed by atoms with van der Waals surface area (Å²) in [6, 6.07) is 17.1. The Labute approximate surface area is 184 Å². The minimum Gasteiger partial charge on any atom is -0.486 e. The van der Waals surface area contributed by atoms with Gasteiger partial charge in [-0.1, -0.05) is 42.5 Å². The van der Waals surface area contributed by atoms with Gasteiger partial charge in [0.2, 0.25) is 0 Å². The van der Waals surface area contributed by atoms with E-state index in [9.17, 15) is 9.59 Å². The van der Waals surface area contributed by atoms with Crippen molar-refractivity contribution in [2.24, 2.45) is 0 Å². The highest BCUT2D eigenvalue weighted by atomic mass is 16.6. The molecule has 0 aromatic heterocycles. The van der Waals surface area contributed by atoms with Crippen LogP contribution in [0.5, 0.6) is 5.75 Å². The van der Waals surface area contributed by atoms with E-state index in [1.807, 2.05) is 75.4 Å². The lowest BCUT2D eigenvalue weighted by molar-refractivity contribution is -0.132. The van der Waals surface area contributed by atoms with Gasteiger partial charge in [-0.05, 0) is 57.0 Å². The van der Waals surface area contributed by atoms with Crippen molar-refractivity contribution < 1.29 is 24.2 Å². The molecule has 0 spiro atoms. The summed E-state index contributed by atoms with van der Waals surface area (Å²) in [4.78, 5) is 24.8. The molecule has 0 aliphatic rings. The maximum Gasteiger partial charge on any atom is 0.410 e. The second-order valence-corrected chi connectivity index (χ2v) is 8.41. The fourth-order valence-electron chi connectivity index (χ4n) is 2.82. The van der Waals surface area contributed by atoms with Crippen molar-refractivity contribution in [2.75, 3.05) is 13.6 Å². The van der Waals surface area contributed by atoms with Crippen LogP contribution in [-0.4, -0.2) is 41.3 Å². The zero-order valence-corrected chi connectivity index (χ0v) is 18.8. The Morgan fingerprint density at radius 3 is 2.23 bits per heavy atom. The number of carboxylic acid groups (broad SMARTS) is 1. The van der Waals surface area contributed by atoms with Gasteiger partial charge in [-0.15, -0.1) is 0 Å². The predicted octanol–water partition coefficient (Wildman–Crippen LogP) is 5.55. The van der Waals surface area contributed by atoms with Gasteiger partial charge in [0.25, 0.3) is 0 Å². The zero-order valence-electron chi connectivity index (χ0n) is 18.8. The van der Waals surface area contributed by atoms with Crippen LogP contribution in [-0.2, 0) is 9.53 Å². The summed E-state index contributed by atoms with van der Waals surface area (Å²) in [7, 11) is 1.71. The van der Waals surface area contributed by atoms with Crippen molar-refractivity contribution in [3.63, 3.8) is 0 Å². The number of benzene rings is 2. The van der Waals surface area contributed by atoms with Gasteiger partial charge in [0.1, 0.15) is 17.5 Å². The van der Waals surface area contributed by atoms with Crippen molar-refractivity contribution in [3.05, 3.63) is 71.3 Å². The lowest BCUT2D eigenvalue weighted by Gasteiger charge is -2.26. The Hall–Kier alpha value is -3.28. The van der Waals surface area contributed by atoms with E-state index in [-0.39, 0.29) is 17.8 Å². The fraction of sp³-hybridized carbons (Fsp3) is 0.360. The highest BCUT2D eigenvalue weighted by Crippen LogP contribution is 2.26. The molecule has 0 saturated heterocycles. The molecule has 31 heavy (non-hydrogen) atoms. The molecule has 1 unspecified atom stereocenters. The molecular weight excluding hydrogens is 394 g/mol. The van der Waals surface area contributed by atoms with E-state index < -0.39 is 11.6 Å². The standard InChI is InChI=1S/C25H31NO5/c1-18(23(27)28)17-19-11-13-21(14-12-19)30-22(20-9-7-6-8-10-20)15-16-26(5)24(29)31-25(2,3)4/h6-14,17,22H,15-16H2,1-5H3,(H,27,28)/b18-17+. The minimum absolute atomic E-state index is 0.256. The molecule has 0 saturated carbocycles. The first-order valence-corrected chi connectivity index (χ1v) is 10.2. The average Bonchev–Trinajstić information content (AvgIpc) is 2.71. The number of aliphatic carboxylic acids is 1. The molecule has 0 aliphatic heterocycles. The van der Waals surface area contributed by atoms with Crippen LogP contribution < -0.4 is 4.74 Å². The Bertz CT molecular complexity index is 898. The average molecular weight is 426 g/mol. The Morgan fingerprint density at radius 1 is 1.06 bits per heavy atom.